The molecule has 2 aliphatic rings. The molecule has 2 atom stereocenters. The number of carbonyl (C=O) groups is 2. The maximum absolute atomic E-state index is 12.0. The minimum Gasteiger partial charge on any atom is -0.480 e. The van der Waals surface area contributed by atoms with Crippen LogP contribution in [-0.2, 0) is 9.59 Å². The molecule has 2 heterocycles. The molecule has 0 aromatic heterocycles. The molecule has 6 heteroatoms. The van der Waals surface area contributed by atoms with Crippen LogP contribution in [0.2, 0.25) is 0 Å². The third kappa shape index (κ3) is 2.55. The molecular weight excluding hydrogens is 276 g/mol. The molecule has 2 aliphatic heterocycles. The lowest BCUT2D eigenvalue weighted by Gasteiger charge is -2.24. The van der Waals surface area contributed by atoms with E-state index in [4.69, 9.17) is 5.11 Å². The third-order valence-electron chi connectivity index (χ3n) is 3.18. The van der Waals surface area contributed by atoms with Crippen LogP contribution >= 0.6 is 17.0 Å². The van der Waals surface area contributed by atoms with Gasteiger partial charge in [0.25, 0.3) is 0 Å². The Morgan fingerprint density at radius 1 is 1.25 bits per heavy atom. The van der Waals surface area contributed by atoms with Crippen LogP contribution in [0.15, 0.2) is 0 Å². The van der Waals surface area contributed by atoms with Crippen LogP contribution in [0.5, 0.6) is 0 Å². The summed E-state index contributed by atoms with van der Waals surface area (Å²) in [7, 11) is 0. The van der Waals surface area contributed by atoms with E-state index in [1.807, 2.05) is 0 Å². The number of hydrogen-bond acceptors (Lipinski definition) is 3. The number of carboxylic acid groups (broad SMARTS) is 1. The number of nitrogens with one attached hydrogen (secondary N) is 1. The van der Waals surface area contributed by atoms with Crippen molar-refractivity contribution in [3.8, 4) is 0 Å². The first kappa shape index (κ1) is 13.4. The number of carboxylic acids is 1. The second-order valence-corrected chi connectivity index (χ2v) is 4.18. The Balaban J connectivity index is 0.00000128. The van der Waals surface area contributed by atoms with E-state index in [1.165, 1.54) is 4.90 Å². The van der Waals surface area contributed by atoms with Gasteiger partial charge in [-0.1, -0.05) is 0 Å². The SMILES string of the molecule is Br.O=C(O)C1CCCN1C(=O)C1CCCN1. The standard InChI is InChI=1S/C10H16N2O3.BrH/c13-9(7-3-1-5-11-7)12-6-2-4-8(12)10(14)15;/h7-8,11H,1-6H2,(H,14,15);1H. The van der Waals surface area contributed by atoms with Gasteiger partial charge in [0.05, 0.1) is 6.04 Å². The first-order valence-corrected chi connectivity index (χ1v) is 5.47. The normalized spacial score (nSPS) is 28.9. The summed E-state index contributed by atoms with van der Waals surface area (Å²) in [5.41, 5.74) is 0. The molecule has 2 saturated heterocycles. The van der Waals surface area contributed by atoms with Gasteiger partial charge in [-0.05, 0) is 32.2 Å². The fraction of sp³-hybridized carbons (Fsp3) is 0.800. The van der Waals surface area contributed by atoms with Gasteiger partial charge < -0.3 is 15.3 Å². The van der Waals surface area contributed by atoms with E-state index in [-0.39, 0.29) is 28.9 Å². The van der Waals surface area contributed by atoms with Crippen molar-refractivity contribution in [1.82, 2.24) is 10.2 Å². The first-order valence-electron chi connectivity index (χ1n) is 5.47. The molecule has 0 aromatic carbocycles. The highest BCUT2D eigenvalue weighted by atomic mass is 79.9. The lowest BCUT2D eigenvalue weighted by atomic mass is 10.1. The Labute approximate surface area is 105 Å². The van der Waals surface area contributed by atoms with Gasteiger partial charge in [0.1, 0.15) is 6.04 Å². The third-order valence-corrected chi connectivity index (χ3v) is 3.18. The summed E-state index contributed by atoms with van der Waals surface area (Å²) >= 11 is 0. The predicted octanol–water partition coefficient (Wildman–Crippen LogP) is 0.392. The van der Waals surface area contributed by atoms with Crippen molar-refractivity contribution in [3.05, 3.63) is 0 Å². The monoisotopic (exact) mass is 292 g/mol. The molecule has 0 radical (unpaired) electrons. The number of likely N-dealkylation sites (tertiary alicyclic amines) is 1. The molecule has 0 saturated carbocycles. The highest BCUT2D eigenvalue weighted by Crippen LogP contribution is 2.20. The molecule has 2 unspecified atom stereocenters. The van der Waals surface area contributed by atoms with Crippen LogP contribution in [0.4, 0.5) is 0 Å². The summed E-state index contributed by atoms with van der Waals surface area (Å²) in [6.45, 7) is 1.45. The van der Waals surface area contributed by atoms with E-state index in [1.54, 1.807) is 0 Å². The van der Waals surface area contributed by atoms with Crippen molar-refractivity contribution in [2.24, 2.45) is 0 Å². The highest BCUT2D eigenvalue weighted by molar-refractivity contribution is 8.93. The summed E-state index contributed by atoms with van der Waals surface area (Å²) in [5, 5.41) is 12.1. The summed E-state index contributed by atoms with van der Waals surface area (Å²) in [5.74, 6) is -0.906. The van der Waals surface area contributed by atoms with E-state index < -0.39 is 12.0 Å². The van der Waals surface area contributed by atoms with Crippen molar-refractivity contribution in [3.63, 3.8) is 0 Å². The van der Waals surface area contributed by atoms with Crippen LogP contribution in [-0.4, -0.2) is 47.1 Å². The van der Waals surface area contributed by atoms with Crippen LogP contribution in [0.3, 0.4) is 0 Å². The van der Waals surface area contributed by atoms with Crippen LogP contribution in [0.25, 0.3) is 0 Å². The van der Waals surface area contributed by atoms with Gasteiger partial charge in [0, 0.05) is 6.54 Å². The van der Waals surface area contributed by atoms with E-state index >= 15 is 0 Å². The minimum absolute atomic E-state index is 0. The maximum Gasteiger partial charge on any atom is 0.326 e. The van der Waals surface area contributed by atoms with Gasteiger partial charge in [-0.15, -0.1) is 17.0 Å². The number of amides is 1. The molecule has 2 N–H and O–H groups in total. The van der Waals surface area contributed by atoms with E-state index in [2.05, 4.69) is 5.32 Å². The molecule has 0 aliphatic carbocycles. The average Bonchev–Trinajstić information content (AvgIpc) is 2.88. The molecule has 0 bridgehead atoms. The Bertz CT molecular complexity index is 279. The van der Waals surface area contributed by atoms with Crippen LogP contribution in [0, 0.1) is 0 Å². The zero-order valence-electron chi connectivity index (χ0n) is 9.02. The van der Waals surface area contributed by atoms with Crippen LogP contribution in [0.1, 0.15) is 25.7 Å². The molecule has 16 heavy (non-hydrogen) atoms. The Hall–Kier alpha value is -0.620. The minimum atomic E-state index is -0.876. The van der Waals surface area contributed by atoms with Crippen molar-refractivity contribution in [1.29, 1.82) is 0 Å². The Morgan fingerprint density at radius 2 is 2.00 bits per heavy atom. The zero-order valence-corrected chi connectivity index (χ0v) is 10.7. The van der Waals surface area contributed by atoms with Gasteiger partial charge in [-0.2, -0.15) is 0 Å². The van der Waals surface area contributed by atoms with E-state index in [0.717, 1.165) is 25.8 Å². The number of halogens is 1. The molecule has 92 valence electrons. The maximum atomic E-state index is 12.0. The first-order chi connectivity index (χ1) is 7.20. The topological polar surface area (TPSA) is 69.6 Å². The second-order valence-electron chi connectivity index (χ2n) is 4.18. The predicted molar refractivity (Wildman–Crippen MR) is 63.7 cm³/mol. The number of hydrogen-bond donors (Lipinski definition) is 2. The van der Waals surface area contributed by atoms with Gasteiger partial charge in [-0.3, -0.25) is 4.79 Å². The quantitative estimate of drug-likeness (QED) is 0.773. The fourth-order valence-electron chi connectivity index (χ4n) is 2.38. The molecule has 1 amide bonds. The van der Waals surface area contributed by atoms with Crippen molar-refractivity contribution in [2.45, 2.75) is 37.8 Å². The number of carbonyl (C=O) groups excluding carboxylic acids is 1. The number of rotatable bonds is 2. The lowest BCUT2D eigenvalue weighted by Crippen LogP contribution is -2.48. The summed E-state index contributed by atoms with van der Waals surface area (Å²) in [6, 6.07) is -0.746. The van der Waals surface area contributed by atoms with E-state index in [0.29, 0.717) is 13.0 Å². The summed E-state index contributed by atoms with van der Waals surface area (Å²) in [4.78, 5) is 24.4. The number of aliphatic carboxylic acids is 1. The van der Waals surface area contributed by atoms with Crippen molar-refractivity contribution >= 4 is 28.9 Å². The summed E-state index contributed by atoms with van der Waals surface area (Å²) in [6.07, 6.45) is 3.23. The van der Waals surface area contributed by atoms with Gasteiger partial charge in [0.2, 0.25) is 5.91 Å². The summed E-state index contributed by atoms with van der Waals surface area (Å²) < 4.78 is 0. The fourth-order valence-corrected chi connectivity index (χ4v) is 2.38. The van der Waals surface area contributed by atoms with Gasteiger partial charge in [0.15, 0.2) is 0 Å². The second kappa shape index (κ2) is 5.63. The Kier molecular flexibility index (Phi) is 4.73. The largest absolute Gasteiger partial charge is 0.480 e. The van der Waals surface area contributed by atoms with Gasteiger partial charge >= 0.3 is 5.97 Å². The Morgan fingerprint density at radius 3 is 2.56 bits per heavy atom. The molecule has 0 spiro atoms. The van der Waals surface area contributed by atoms with Crippen LogP contribution < -0.4 is 5.32 Å². The molecule has 5 nitrogen and oxygen atoms in total. The smallest absolute Gasteiger partial charge is 0.326 e. The lowest BCUT2D eigenvalue weighted by molar-refractivity contribution is -0.148. The number of nitrogens with zero attached hydrogens (tertiary/aromatic N) is 1. The average molecular weight is 293 g/mol. The van der Waals surface area contributed by atoms with Crippen molar-refractivity contribution < 1.29 is 14.7 Å². The van der Waals surface area contributed by atoms with Crippen molar-refractivity contribution in [2.75, 3.05) is 13.1 Å². The van der Waals surface area contributed by atoms with E-state index in [9.17, 15) is 9.59 Å². The molecule has 2 fully saturated rings. The molecule has 2 rings (SSSR count). The molecular formula is C10H17BrN2O3. The zero-order chi connectivity index (χ0) is 10.8. The highest BCUT2D eigenvalue weighted by Gasteiger charge is 2.37. The van der Waals surface area contributed by atoms with Gasteiger partial charge in [-0.25, -0.2) is 4.79 Å². The molecule has 0 aromatic rings.